The molecule has 0 aromatic rings. The molecule has 0 aliphatic carbocycles. The molecule has 0 aliphatic heterocycles. The Labute approximate surface area is 135 Å². The number of rotatable bonds is 13. The van der Waals surface area contributed by atoms with Crippen LogP contribution in [0.25, 0.3) is 0 Å². The van der Waals surface area contributed by atoms with E-state index in [1.807, 2.05) is 6.92 Å². The summed E-state index contributed by atoms with van der Waals surface area (Å²) < 4.78 is 10.4. The molecule has 1 atom stereocenters. The number of carbonyl (C=O) groups excluding carboxylic acids is 2. The van der Waals surface area contributed by atoms with Gasteiger partial charge in [0, 0.05) is 0 Å². The summed E-state index contributed by atoms with van der Waals surface area (Å²) in [6.07, 6.45) is 7.55. The second-order valence-corrected chi connectivity index (χ2v) is 6.41. The third-order valence-corrected chi connectivity index (χ3v) is 3.52. The molecule has 0 spiro atoms. The molecular weight excluding hydrogens is 280 g/mol. The molecule has 0 aromatic carbocycles. The van der Waals surface area contributed by atoms with Gasteiger partial charge in [0.25, 0.3) is 0 Å². The predicted molar refractivity (Wildman–Crippen MR) is 88.6 cm³/mol. The maximum atomic E-state index is 11.6. The molecule has 0 amide bonds. The Kier molecular flexibility index (Phi) is 12.9. The van der Waals surface area contributed by atoms with Gasteiger partial charge in [-0.25, -0.2) is 0 Å². The lowest BCUT2D eigenvalue weighted by Crippen LogP contribution is -2.16. The highest BCUT2D eigenvalue weighted by atomic mass is 16.5. The number of hydrogen-bond acceptors (Lipinski definition) is 4. The first-order chi connectivity index (χ1) is 10.5. The van der Waals surface area contributed by atoms with Crippen molar-refractivity contribution in [1.29, 1.82) is 0 Å². The Balaban J connectivity index is 3.60. The van der Waals surface area contributed by atoms with Gasteiger partial charge in [0.2, 0.25) is 0 Å². The molecule has 4 nitrogen and oxygen atoms in total. The van der Waals surface area contributed by atoms with Crippen LogP contribution in [0.2, 0.25) is 0 Å². The molecule has 0 saturated carbocycles. The van der Waals surface area contributed by atoms with Crippen molar-refractivity contribution in [2.24, 2.45) is 5.92 Å². The number of esters is 2. The fraction of sp³-hybridized carbons (Fsp3) is 0.889. The Morgan fingerprint density at radius 1 is 0.864 bits per heavy atom. The first-order valence-electron chi connectivity index (χ1n) is 8.80. The largest absolute Gasteiger partial charge is 0.466 e. The number of ether oxygens (including phenoxy) is 2. The summed E-state index contributed by atoms with van der Waals surface area (Å²) in [4.78, 5) is 23.1. The monoisotopic (exact) mass is 314 g/mol. The van der Waals surface area contributed by atoms with Crippen molar-refractivity contribution >= 4 is 11.9 Å². The standard InChI is InChI=1S/C18H34O4/c1-5-6-7-8-14-21-17(19)12-13-18(20)22-16(4)11-9-10-15(2)3/h15-16H,5-14H2,1-4H3. The lowest BCUT2D eigenvalue weighted by molar-refractivity contribution is -0.153. The molecule has 0 heterocycles. The summed E-state index contributed by atoms with van der Waals surface area (Å²) in [7, 11) is 0. The molecule has 130 valence electrons. The van der Waals surface area contributed by atoms with Crippen molar-refractivity contribution in [1.82, 2.24) is 0 Å². The molecule has 0 fully saturated rings. The van der Waals surface area contributed by atoms with Crippen LogP contribution in [0.1, 0.15) is 85.5 Å². The van der Waals surface area contributed by atoms with Crippen LogP contribution in [0.15, 0.2) is 0 Å². The summed E-state index contributed by atoms with van der Waals surface area (Å²) in [5.74, 6) is 0.0656. The van der Waals surface area contributed by atoms with Crippen LogP contribution < -0.4 is 0 Å². The van der Waals surface area contributed by atoms with Crippen molar-refractivity contribution in [3.05, 3.63) is 0 Å². The Morgan fingerprint density at radius 2 is 1.55 bits per heavy atom. The van der Waals surface area contributed by atoms with Crippen molar-refractivity contribution in [2.75, 3.05) is 6.61 Å². The van der Waals surface area contributed by atoms with Gasteiger partial charge in [0.1, 0.15) is 0 Å². The van der Waals surface area contributed by atoms with Crippen molar-refractivity contribution in [2.45, 2.75) is 91.6 Å². The lowest BCUT2D eigenvalue weighted by Gasteiger charge is -2.13. The van der Waals surface area contributed by atoms with Crippen LogP contribution in [0.4, 0.5) is 0 Å². The zero-order valence-electron chi connectivity index (χ0n) is 14.9. The molecule has 0 N–H and O–H groups in total. The highest BCUT2D eigenvalue weighted by molar-refractivity contribution is 5.77. The molecule has 1 unspecified atom stereocenters. The molecule has 0 aliphatic rings. The van der Waals surface area contributed by atoms with Gasteiger partial charge in [-0.2, -0.15) is 0 Å². The molecule has 0 rings (SSSR count). The Bertz CT molecular complexity index is 299. The predicted octanol–water partition coefficient (Wildman–Crippen LogP) is 4.65. The fourth-order valence-electron chi connectivity index (χ4n) is 2.15. The highest BCUT2D eigenvalue weighted by Gasteiger charge is 2.12. The van der Waals surface area contributed by atoms with Crippen molar-refractivity contribution in [3.8, 4) is 0 Å². The second-order valence-electron chi connectivity index (χ2n) is 6.41. The summed E-state index contributed by atoms with van der Waals surface area (Å²) in [6, 6.07) is 0. The zero-order valence-corrected chi connectivity index (χ0v) is 14.9. The first-order valence-corrected chi connectivity index (χ1v) is 8.80. The third kappa shape index (κ3) is 13.9. The van der Waals surface area contributed by atoms with Crippen molar-refractivity contribution in [3.63, 3.8) is 0 Å². The normalized spacial score (nSPS) is 12.2. The van der Waals surface area contributed by atoms with Crippen LogP contribution in [0.5, 0.6) is 0 Å². The van der Waals surface area contributed by atoms with E-state index >= 15 is 0 Å². The van der Waals surface area contributed by atoms with Crippen LogP contribution in [-0.2, 0) is 19.1 Å². The van der Waals surface area contributed by atoms with Crippen LogP contribution in [-0.4, -0.2) is 24.6 Å². The van der Waals surface area contributed by atoms with Gasteiger partial charge >= 0.3 is 11.9 Å². The molecule has 4 heteroatoms. The lowest BCUT2D eigenvalue weighted by atomic mass is 10.0. The average Bonchev–Trinajstić information content (AvgIpc) is 2.44. The van der Waals surface area contributed by atoms with Crippen molar-refractivity contribution < 1.29 is 19.1 Å². The Morgan fingerprint density at radius 3 is 2.18 bits per heavy atom. The summed E-state index contributed by atoms with van der Waals surface area (Å²) in [5, 5.41) is 0. The average molecular weight is 314 g/mol. The van der Waals surface area contributed by atoms with Gasteiger partial charge in [0.05, 0.1) is 25.6 Å². The van der Waals surface area contributed by atoms with Gasteiger partial charge in [-0.3, -0.25) is 9.59 Å². The molecule has 0 saturated heterocycles. The quantitative estimate of drug-likeness (QED) is 0.367. The van der Waals surface area contributed by atoms with E-state index in [1.54, 1.807) is 0 Å². The van der Waals surface area contributed by atoms with Gasteiger partial charge < -0.3 is 9.47 Å². The Hall–Kier alpha value is -1.06. The van der Waals surface area contributed by atoms with Crippen LogP contribution in [0, 0.1) is 5.92 Å². The van der Waals surface area contributed by atoms with E-state index in [-0.39, 0.29) is 30.9 Å². The van der Waals surface area contributed by atoms with E-state index in [0.29, 0.717) is 12.5 Å². The maximum absolute atomic E-state index is 11.6. The molecule has 0 bridgehead atoms. The summed E-state index contributed by atoms with van der Waals surface area (Å²) in [6.45, 7) is 8.88. The van der Waals surface area contributed by atoms with E-state index in [2.05, 4.69) is 20.8 Å². The highest BCUT2D eigenvalue weighted by Crippen LogP contribution is 2.11. The fourth-order valence-corrected chi connectivity index (χ4v) is 2.15. The molecule has 0 aromatic heterocycles. The molecule has 22 heavy (non-hydrogen) atoms. The van der Waals surface area contributed by atoms with E-state index in [0.717, 1.165) is 38.5 Å². The topological polar surface area (TPSA) is 52.6 Å². The minimum atomic E-state index is -0.306. The molecule has 0 radical (unpaired) electrons. The summed E-state index contributed by atoms with van der Waals surface area (Å²) >= 11 is 0. The van der Waals surface area contributed by atoms with Crippen LogP contribution >= 0.6 is 0 Å². The minimum Gasteiger partial charge on any atom is -0.466 e. The SMILES string of the molecule is CCCCCCOC(=O)CCC(=O)OC(C)CCCC(C)C. The molecular formula is C18H34O4. The zero-order chi connectivity index (χ0) is 16.8. The maximum Gasteiger partial charge on any atom is 0.306 e. The van der Waals surface area contributed by atoms with Gasteiger partial charge in [-0.1, -0.05) is 46.5 Å². The van der Waals surface area contributed by atoms with E-state index in [9.17, 15) is 9.59 Å². The van der Waals surface area contributed by atoms with E-state index in [1.165, 1.54) is 6.42 Å². The van der Waals surface area contributed by atoms with E-state index in [4.69, 9.17) is 9.47 Å². The van der Waals surface area contributed by atoms with Gasteiger partial charge in [0.15, 0.2) is 0 Å². The van der Waals surface area contributed by atoms with Gasteiger partial charge in [-0.15, -0.1) is 0 Å². The summed E-state index contributed by atoms with van der Waals surface area (Å²) in [5.41, 5.74) is 0. The minimum absolute atomic E-state index is 0.0729. The number of carbonyl (C=O) groups is 2. The smallest absolute Gasteiger partial charge is 0.306 e. The van der Waals surface area contributed by atoms with Gasteiger partial charge in [-0.05, 0) is 32.1 Å². The number of unbranched alkanes of at least 4 members (excludes halogenated alkanes) is 3. The first kappa shape index (κ1) is 20.9. The van der Waals surface area contributed by atoms with E-state index < -0.39 is 0 Å². The number of hydrogen-bond donors (Lipinski definition) is 0. The second kappa shape index (κ2) is 13.6. The third-order valence-electron chi connectivity index (χ3n) is 3.52. The van der Waals surface area contributed by atoms with Crippen LogP contribution in [0.3, 0.4) is 0 Å².